The molecule has 0 saturated carbocycles. The van der Waals surface area contributed by atoms with Gasteiger partial charge in [-0.1, -0.05) is 45.9 Å². The van der Waals surface area contributed by atoms with Gasteiger partial charge in [0.15, 0.2) is 0 Å². The number of anilines is 2. The molecular weight excluding hydrogens is 324 g/mol. The third kappa shape index (κ3) is 5.09. The van der Waals surface area contributed by atoms with E-state index in [1.54, 1.807) is 70.1 Å². The second-order valence-corrected chi connectivity index (χ2v) is 6.87. The van der Waals surface area contributed by atoms with Crippen LogP contribution in [0.3, 0.4) is 0 Å². The van der Waals surface area contributed by atoms with Crippen molar-refractivity contribution in [2.45, 2.75) is 11.5 Å². The Labute approximate surface area is 135 Å². The molecule has 0 aliphatic rings. The van der Waals surface area contributed by atoms with Gasteiger partial charge in [0.1, 0.15) is 0 Å². The van der Waals surface area contributed by atoms with Crippen LogP contribution in [-0.2, 0) is 11.5 Å². The SMILES string of the molecule is [O-]N(O)c1ccc(CSSCc2ccc(N([O-])O)cc2)cc1. The molecule has 2 N–H and O–H groups in total. The molecule has 2 rings (SSSR count). The van der Waals surface area contributed by atoms with Crippen molar-refractivity contribution in [2.75, 3.05) is 10.5 Å². The fourth-order valence-electron chi connectivity index (χ4n) is 1.66. The van der Waals surface area contributed by atoms with Crippen molar-refractivity contribution < 1.29 is 10.4 Å². The van der Waals surface area contributed by atoms with Crippen molar-refractivity contribution in [3.63, 3.8) is 0 Å². The van der Waals surface area contributed by atoms with Gasteiger partial charge in [0.05, 0.1) is 11.4 Å². The summed E-state index contributed by atoms with van der Waals surface area (Å²) in [6.07, 6.45) is 0. The Morgan fingerprint density at radius 1 is 0.682 bits per heavy atom. The fraction of sp³-hybridized carbons (Fsp3) is 0.143. The molecule has 2 aromatic rings. The lowest BCUT2D eigenvalue weighted by Gasteiger charge is -2.21. The number of rotatable bonds is 7. The molecule has 0 heterocycles. The molecule has 0 fully saturated rings. The first kappa shape index (κ1) is 16.9. The molecular formula is C14H14N2O4S2-2. The zero-order chi connectivity index (χ0) is 15.9. The maximum Gasteiger partial charge on any atom is 0.0508 e. The van der Waals surface area contributed by atoms with Gasteiger partial charge in [0, 0.05) is 11.5 Å². The van der Waals surface area contributed by atoms with E-state index in [2.05, 4.69) is 0 Å². The van der Waals surface area contributed by atoms with Crippen molar-refractivity contribution in [2.24, 2.45) is 0 Å². The first-order chi connectivity index (χ1) is 10.6. The van der Waals surface area contributed by atoms with Gasteiger partial charge in [-0.2, -0.15) is 0 Å². The second kappa shape index (κ2) is 8.28. The molecule has 0 aliphatic carbocycles. The van der Waals surface area contributed by atoms with Crippen LogP contribution in [-0.4, -0.2) is 10.4 Å². The van der Waals surface area contributed by atoms with Gasteiger partial charge in [-0.05, 0) is 35.4 Å². The first-order valence-electron chi connectivity index (χ1n) is 6.31. The van der Waals surface area contributed by atoms with Crippen LogP contribution in [0.4, 0.5) is 11.4 Å². The minimum Gasteiger partial charge on any atom is -0.733 e. The molecule has 22 heavy (non-hydrogen) atoms. The maximum atomic E-state index is 10.7. The van der Waals surface area contributed by atoms with Gasteiger partial charge < -0.3 is 20.9 Å². The molecule has 0 saturated heterocycles. The van der Waals surface area contributed by atoms with Crippen LogP contribution in [0.15, 0.2) is 48.5 Å². The van der Waals surface area contributed by atoms with Crippen molar-refractivity contribution >= 4 is 33.0 Å². The standard InChI is InChI=1S/C14H14N2O4S2/c17-15(18)13-5-1-11(2-6-13)9-21-22-10-12-3-7-14(8-4-12)16(19)20/h1-8,17,19H,9-10H2/q-2. The largest absolute Gasteiger partial charge is 0.733 e. The zero-order valence-corrected chi connectivity index (χ0v) is 13.1. The third-order valence-corrected chi connectivity index (χ3v) is 5.13. The Balaban J connectivity index is 1.74. The summed E-state index contributed by atoms with van der Waals surface area (Å²) in [6, 6.07) is 13.4. The molecule has 8 heteroatoms. The van der Waals surface area contributed by atoms with Gasteiger partial charge in [0.2, 0.25) is 0 Å². The Hall–Kier alpha value is -1.42. The van der Waals surface area contributed by atoms with E-state index >= 15 is 0 Å². The van der Waals surface area contributed by atoms with Crippen LogP contribution in [0.1, 0.15) is 11.1 Å². The van der Waals surface area contributed by atoms with Crippen LogP contribution >= 0.6 is 21.6 Å². The molecule has 0 aromatic heterocycles. The summed E-state index contributed by atoms with van der Waals surface area (Å²) >= 11 is 0. The van der Waals surface area contributed by atoms with Gasteiger partial charge in [0.25, 0.3) is 0 Å². The Morgan fingerprint density at radius 3 is 1.27 bits per heavy atom. The van der Waals surface area contributed by atoms with E-state index in [-0.39, 0.29) is 21.8 Å². The molecule has 0 atom stereocenters. The number of benzene rings is 2. The summed E-state index contributed by atoms with van der Waals surface area (Å²) in [5.41, 5.74) is 2.53. The van der Waals surface area contributed by atoms with E-state index in [4.69, 9.17) is 10.4 Å². The number of hydrogen-bond donors (Lipinski definition) is 2. The average molecular weight is 338 g/mol. The van der Waals surface area contributed by atoms with E-state index in [1.165, 1.54) is 0 Å². The van der Waals surface area contributed by atoms with Crippen molar-refractivity contribution in [1.82, 2.24) is 0 Å². The lowest BCUT2D eigenvalue weighted by atomic mass is 10.2. The lowest BCUT2D eigenvalue weighted by molar-refractivity contribution is 0.296. The highest BCUT2D eigenvalue weighted by Gasteiger charge is 1.99. The highest BCUT2D eigenvalue weighted by atomic mass is 33.1. The van der Waals surface area contributed by atoms with E-state index in [0.29, 0.717) is 0 Å². The van der Waals surface area contributed by atoms with Crippen molar-refractivity contribution in [1.29, 1.82) is 0 Å². The van der Waals surface area contributed by atoms with E-state index < -0.39 is 0 Å². The molecule has 0 unspecified atom stereocenters. The molecule has 6 nitrogen and oxygen atoms in total. The van der Waals surface area contributed by atoms with Crippen LogP contribution in [0.2, 0.25) is 0 Å². The minimum absolute atomic E-state index is 0.162. The average Bonchev–Trinajstić information content (AvgIpc) is 2.52. The second-order valence-electron chi connectivity index (χ2n) is 4.40. The van der Waals surface area contributed by atoms with Crippen LogP contribution in [0, 0.1) is 10.4 Å². The van der Waals surface area contributed by atoms with Gasteiger partial charge in [-0.25, -0.2) is 0 Å². The predicted molar refractivity (Wildman–Crippen MR) is 90.7 cm³/mol. The Morgan fingerprint density at radius 2 is 1.00 bits per heavy atom. The van der Waals surface area contributed by atoms with E-state index in [9.17, 15) is 10.4 Å². The number of nitrogens with zero attached hydrogens (tertiary/aromatic N) is 2. The van der Waals surface area contributed by atoms with Gasteiger partial charge in [-0.15, -0.1) is 0 Å². The summed E-state index contributed by atoms with van der Waals surface area (Å²) in [5.74, 6) is 1.55. The van der Waals surface area contributed by atoms with Crippen molar-refractivity contribution in [3.8, 4) is 0 Å². The zero-order valence-electron chi connectivity index (χ0n) is 11.5. The van der Waals surface area contributed by atoms with Crippen molar-refractivity contribution in [3.05, 3.63) is 70.1 Å². The maximum absolute atomic E-state index is 10.7. The van der Waals surface area contributed by atoms with E-state index in [0.717, 1.165) is 22.6 Å². The lowest BCUT2D eigenvalue weighted by Crippen LogP contribution is -2.06. The Bertz CT molecular complexity index is 523. The predicted octanol–water partition coefficient (Wildman–Crippen LogP) is 4.16. The third-order valence-electron chi connectivity index (χ3n) is 2.85. The summed E-state index contributed by atoms with van der Waals surface area (Å²) < 4.78 is 0. The molecule has 0 aliphatic heterocycles. The fourth-order valence-corrected chi connectivity index (χ4v) is 3.80. The van der Waals surface area contributed by atoms with Gasteiger partial charge >= 0.3 is 0 Å². The van der Waals surface area contributed by atoms with Crippen LogP contribution < -0.4 is 10.5 Å². The molecule has 0 radical (unpaired) electrons. The highest BCUT2D eigenvalue weighted by molar-refractivity contribution is 8.76. The molecule has 2 aromatic carbocycles. The topological polar surface area (TPSA) is 93.1 Å². The minimum atomic E-state index is -0.162. The summed E-state index contributed by atoms with van der Waals surface area (Å²) in [5, 5.41) is 38.5. The monoisotopic (exact) mass is 338 g/mol. The van der Waals surface area contributed by atoms with Crippen LogP contribution in [0.5, 0.6) is 0 Å². The Kier molecular flexibility index (Phi) is 6.37. The summed E-state index contributed by atoms with van der Waals surface area (Å²) in [6.45, 7) is 0. The molecule has 118 valence electrons. The molecule has 0 amide bonds. The highest BCUT2D eigenvalue weighted by Crippen LogP contribution is 2.30. The van der Waals surface area contributed by atoms with Crippen LogP contribution in [0.25, 0.3) is 0 Å². The molecule has 0 spiro atoms. The quantitative estimate of drug-likeness (QED) is 0.442. The van der Waals surface area contributed by atoms with E-state index in [1.807, 2.05) is 0 Å². The first-order valence-corrected chi connectivity index (χ1v) is 8.79. The number of hydrogen-bond acceptors (Lipinski definition) is 8. The normalized spacial score (nSPS) is 10.5. The van der Waals surface area contributed by atoms with Gasteiger partial charge in [-0.3, -0.25) is 10.4 Å². The summed E-state index contributed by atoms with van der Waals surface area (Å²) in [7, 11) is 3.33. The summed E-state index contributed by atoms with van der Waals surface area (Å²) in [4.78, 5) is 0. The molecule has 0 bridgehead atoms. The smallest absolute Gasteiger partial charge is 0.0508 e.